The number of amides is 2. The number of ether oxygens (including phenoxy) is 1. The third-order valence-electron chi connectivity index (χ3n) is 3.48. The molecule has 4 nitrogen and oxygen atoms in total. The van der Waals surface area contributed by atoms with E-state index < -0.39 is 0 Å². The lowest BCUT2D eigenvalue weighted by atomic mass is 10.1. The summed E-state index contributed by atoms with van der Waals surface area (Å²) in [5, 5.41) is 3.51. The van der Waals surface area contributed by atoms with Crippen molar-refractivity contribution in [1.82, 2.24) is 10.2 Å². The molecule has 0 saturated heterocycles. The molecule has 23 heavy (non-hydrogen) atoms. The van der Waals surface area contributed by atoms with Crippen molar-refractivity contribution in [3.05, 3.63) is 64.7 Å². The van der Waals surface area contributed by atoms with Gasteiger partial charge in [0.15, 0.2) is 0 Å². The Balaban J connectivity index is 1.72. The molecule has 0 aromatic heterocycles. The lowest BCUT2D eigenvalue weighted by Gasteiger charge is -2.19. The first-order valence-corrected chi connectivity index (χ1v) is 7.86. The Morgan fingerprint density at radius 2 is 1.87 bits per heavy atom. The standard InChI is InChI=1S/C18H21ClN2O2/c1-14-5-3-4-6-15(14)13-21(2)18(22)20-11-12-23-17-9-7-16(19)8-10-17/h3-10H,11-13H2,1-2H3,(H,20,22). The molecule has 0 atom stereocenters. The van der Waals surface area contributed by atoms with Crippen LogP contribution >= 0.6 is 11.6 Å². The Labute approximate surface area is 142 Å². The summed E-state index contributed by atoms with van der Waals surface area (Å²) in [4.78, 5) is 13.7. The highest BCUT2D eigenvalue weighted by molar-refractivity contribution is 6.30. The molecular weight excluding hydrogens is 312 g/mol. The van der Waals surface area contributed by atoms with Crippen molar-refractivity contribution in [3.8, 4) is 5.75 Å². The number of hydrogen-bond donors (Lipinski definition) is 1. The zero-order chi connectivity index (χ0) is 16.7. The first kappa shape index (κ1) is 17.2. The maximum Gasteiger partial charge on any atom is 0.317 e. The van der Waals surface area contributed by atoms with Gasteiger partial charge in [-0.3, -0.25) is 0 Å². The summed E-state index contributed by atoms with van der Waals surface area (Å²) in [6.45, 7) is 3.47. The van der Waals surface area contributed by atoms with E-state index >= 15 is 0 Å². The molecule has 0 unspecified atom stereocenters. The number of rotatable bonds is 6. The topological polar surface area (TPSA) is 41.6 Å². The second-order valence-electron chi connectivity index (χ2n) is 5.32. The summed E-state index contributed by atoms with van der Waals surface area (Å²) in [6.07, 6.45) is 0. The van der Waals surface area contributed by atoms with Crippen LogP contribution in [0.3, 0.4) is 0 Å². The molecule has 0 aliphatic carbocycles. The van der Waals surface area contributed by atoms with E-state index in [0.29, 0.717) is 24.7 Å². The second-order valence-corrected chi connectivity index (χ2v) is 5.75. The van der Waals surface area contributed by atoms with Crippen LogP contribution < -0.4 is 10.1 Å². The molecule has 0 spiro atoms. The zero-order valence-corrected chi connectivity index (χ0v) is 14.1. The van der Waals surface area contributed by atoms with Crippen molar-refractivity contribution in [2.45, 2.75) is 13.5 Å². The minimum absolute atomic E-state index is 0.118. The summed E-state index contributed by atoms with van der Waals surface area (Å²) in [7, 11) is 1.78. The van der Waals surface area contributed by atoms with Gasteiger partial charge in [-0.25, -0.2) is 4.79 Å². The van der Waals surface area contributed by atoms with Crippen LogP contribution in [0.25, 0.3) is 0 Å². The first-order valence-electron chi connectivity index (χ1n) is 7.48. The Morgan fingerprint density at radius 3 is 2.57 bits per heavy atom. The van der Waals surface area contributed by atoms with Crippen LogP contribution in [-0.4, -0.2) is 31.1 Å². The zero-order valence-electron chi connectivity index (χ0n) is 13.4. The lowest BCUT2D eigenvalue weighted by Crippen LogP contribution is -2.38. The van der Waals surface area contributed by atoms with E-state index in [0.717, 1.165) is 11.3 Å². The van der Waals surface area contributed by atoms with Crippen molar-refractivity contribution in [3.63, 3.8) is 0 Å². The molecule has 0 fully saturated rings. The molecule has 2 aromatic rings. The van der Waals surface area contributed by atoms with Gasteiger partial charge in [0.25, 0.3) is 0 Å². The number of hydrogen-bond acceptors (Lipinski definition) is 2. The van der Waals surface area contributed by atoms with Crippen LogP contribution in [0.4, 0.5) is 4.79 Å². The van der Waals surface area contributed by atoms with Gasteiger partial charge in [0.2, 0.25) is 0 Å². The predicted octanol–water partition coefficient (Wildman–Crippen LogP) is 3.87. The molecule has 0 aliphatic rings. The number of urea groups is 1. The first-order chi connectivity index (χ1) is 11.1. The number of aryl methyl sites for hydroxylation is 1. The Kier molecular flexibility index (Phi) is 6.29. The van der Waals surface area contributed by atoms with Crippen LogP contribution in [-0.2, 0) is 6.54 Å². The van der Waals surface area contributed by atoms with Gasteiger partial charge in [-0.15, -0.1) is 0 Å². The number of nitrogens with zero attached hydrogens (tertiary/aromatic N) is 1. The molecule has 2 aromatic carbocycles. The minimum Gasteiger partial charge on any atom is -0.492 e. The van der Waals surface area contributed by atoms with E-state index in [9.17, 15) is 4.79 Å². The lowest BCUT2D eigenvalue weighted by molar-refractivity contribution is 0.203. The fraction of sp³-hybridized carbons (Fsp3) is 0.278. The largest absolute Gasteiger partial charge is 0.492 e. The number of benzene rings is 2. The summed E-state index contributed by atoms with van der Waals surface area (Å²) in [6, 6.07) is 15.1. The fourth-order valence-corrected chi connectivity index (χ4v) is 2.23. The quantitative estimate of drug-likeness (QED) is 0.816. The highest BCUT2D eigenvalue weighted by Crippen LogP contribution is 2.15. The molecule has 5 heteroatoms. The van der Waals surface area contributed by atoms with E-state index in [4.69, 9.17) is 16.3 Å². The van der Waals surface area contributed by atoms with E-state index in [-0.39, 0.29) is 6.03 Å². The van der Waals surface area contributed by atoms with E-state index in [2.05, 4.69) is 5.32 Å². The monoisotopic (exact) mass is 332 g/mol. The van der Waals surface area contributed by atoms with Crippen LogP contribution in [0.5, 0.6) is 5.75 Å². The molecule has 0 saturated carbocycles. The molecule has 2 amide bonds. The summed E-state index contributed by atoms with van der Waals surface area (Å²) in [5.41, 5.74) is 2.32. The normalized spacial score (nSPS) is 10.2. The van der Waals surface area contributed by atoms with Crippen molar-refractivity contribution in [1.29, 1.82) is 0 Å². The van der Waals surface area contributed by atoms with Gasteiger partial charge in [0, 0.05) is 18.6 Å². The fourth-order valence-electron chi connectivity index (χ4n) is 2.11. The second kappa shape index (κ2) is 8.44. The predicted molar refractivity (Wildman–Crippen MR) is 93.0 cm³/mol. The molecule has 0 aliphatic heterocycles. The van der Waals surface area contributed by atoms with Crippen LogP contribution in [0.15, 0.2) is 48.5 Å². The smallest absolute Gasteiger partial charge is 0.317 e. The number of carbonyl (C=O) groups excluding carboxylic acids is 1. The van der Waals surface area contributed by atoms with Crippen molar-refractivity contribution >= 4 is 17.6 Å². The third kappa shape index (κ3) is 5.49. The summed E-state index contributed by atoms with van der Waals surface area (Å²) < 4.78 is 5.54. The van der Waals surface area contributed by atoms with Gasteiger partial charge >= 0.3 is 6.03 Å². The molecule has 0 radical (unpaired) electrons. The maximum absolute atomic E-state index is 12.1. The van der Waals surface area contributed by atoms with Crippen molar-refractivity contribution in [2.75, 3.05) is 20.2 Å². The highest BCUT2D eigenvalue weighted by atomic mass is 35.5. The average Bonchev–Trinajstić information content (AvgIpc) is 2.55. The highest BCUT2D eigenvalue weighted by Gasteiger charge is 2.09. The molecule has 1 N–H and O–H groups in total. The van der Waals surface area contributed by atoms with E-state index in [1.54, 1.807) is 36.2 Å². The van der Waals surface area contributed by atoms with Gasteiger partial charge in [-0.05, 0) is 42.3 Å². The van der Waals surface area contributed by atoms with Gasteiger partial charge in [-0.2, -0.15) is 0 Å². The Bertz CT molecular complexity index is 644. The summed E-state index contributed by atoms with van der Waals surface area (Å²) >= 11 is 5.81. The molecule has 2 rings (SSSR count). The van der Waals surface area contributed by atoms with Gasteiger partial charge in [0.1, 0.15) is 12.4 Å². The van der Waals surface area contributed by atoms with Crippen LogP contribution in [0.2, 0.25) is 5.02 Å². The minimum atomic E-state index is -0.118. The number of carbonyl (C=O) groups is 1. The Morgan fingerprint density at radius 1 is 1.17 bits per heavy atom. The van der Waals surface area contributed by atoms with Crippen LogP contribution in [0, 0.1) is 6.92 Å². The molecule has 122 valence electrons. The van der Waals surface area contributed by atoms with Crippen molar-refractivity contribution < 1.29 is 9.53 Å². The third-order valence-corrected chi connectivity index (χ3v) is 3.73. The average molecular weight is 333 g/mol. The van der Waals surface area contributed by atoms with Crippen LogP contribution in [0.1, 0.15) is 11.1 Å². The Hall–Kier alpha value is -2.20. The van der Waals surface area contributed by atoms with Gasteiger partial charge in [0.05, 0.1) is 6.54 Å². The summed E-state index contributed by atoms with van der Waals surface area (Å²) in [5.74, 6) is 0.733. The SMILES string of the molecule is Cc1ccccc1CN(C)C(=O)NCCOc1ccc(Cl)cc1. The number of nitrogens with one attached hydrogen (secondary N) is 1. The molecule has 0 bridgehead atoms. The van der Waals surface area contributed by atoms with Gasteiger partial charge in [-0.1, -0.05) is 35.9 Å². The van der Waals surface area contributed by atoms with E-state index in [1.807, 2.05) is 31.2 Å². The number of halogens is 1. The molecular formula is C18H21ClN2O2. The van der Waals surface area contributed by atoms with Gasteiger partial charge < -0.3 is 15.0 Å². The van der Waals surface area contributed by atoms with E-state index in [1.165, 1.54) is 5.56 Å². The molecule has 0 heterocycles. The maximum atomic E-state index is 12.1. The van der Waals surface area contributed by atoms with Crippen molar-refractivity contribution in [2.24, 2.45) is 0 Å².